The molecule has 0 atom stereocenters. The standard InChI is InChI=1S/C17H19NO2/c1-3-4-13-6-9-15(10-7-13)18-17(20)14-8-5-12(2)16(19)11-14/h5-11,19H,3-4H2,1-2H3,(H,18,20). The minimum absolute atomic E-state index is 0.135. The Bertz CT molecular complexity index is 603. The highest BCUT2D eigenvalue weighted by atomic mass is 16.3. The summed E-state index contributed by atoms with van der Waals surface area (Å²) in [5, 5.41) is 12.5. The van der Waals surface area contributed by atoms with E-state index in [-0.39, 0.29) is 11.7 Å². The molecule has 2 rings (SSSR count). The molecule has 0 saturated heterocycles. The number of carbonyl (C=O) groups is 1. The molecule has 0 heterocycles. The largest absolute Gasteiger partial charge is 0.508 e. The van der Waals surface area contributed by atoms with Gasteiger partial charge in [0.05, 0.1) is 0 Å². The maximum absolute atomic E-state index is 12.1. The third-order valence-corrected chi connectivity index (χ3v) is 3.22. The number of anilines is 1. The summed E-state index contributed by atoms with van der Waals surface area (Å²) in [5.41, 5.74) is 3.23. The molecule has 0 unspecified atom stereocenters. The average Bonchev–Trinajstić information content (AvgIpc) is 2.44. The van der Waals surface area contributed by atoms with Gasteiger partial charge in [0.1, 0.15) is 5.75 Å². The highest BCUT2D eigenvalue weighted by molar-refractivity contribution is 6.04. The molecule has 3 nitrogen and oxygen atoms in total. The van der Waals surface area contributed by atoms with E-state index < -0.39 is 0 Å². The summed E-state index contributed by atoms with van der Waals surface area (Å²) >= 11 is 0. The number of aryl methyl sites for hydroxylation is 2. The fourth-order valence-corrected chi connectivity index (χ4v) is 2.00. The second-order valence-electron chi connectivity index (χ2n) is 4.90. The van der Waals surface area contributed by atoms with Crippen molar-refractivity contribution in [2.45, 2.75) is 26.7 Å². The monoisotopic (exact) mass is 269 g/mol. The summed E-state index contributed by atoms with van der Waals surface area (Å²) in [5.74, 6) is -0.0838. The third-order valence-electron chi connectivity index (χ3n) is 3.22. The van der Waals surface area contributed by atoms with Gasteiger partial charge in [-0.2, -0.15) is 0 Å². The average molecular weight is 269 g/mol. The molecule has 20 heavy (non-hydrogen) atoms. The fraction of sp³-hybridized carbons (Fsp3) is 0.235. The molecular formula is C17H19NO2. The first-order valence-electron chi connectivity index (χ1n) is 6.80. The van der Waals surface area contributed by atoms with E-state index in [1.807, 2.05) is 24.3 Å². The predicted molar refractivity (Wildman–Crippen MR) is 81.2 cm³/mol. The van der Waals surface area contributed by atoms with Gasteiger partial charge in [-0.1, -0.05) is 31.5 Å². The van der Waals surface area contributed by atoms with Crippen LogP contribution in [0, 0.1) is 6.92 Å². The summed E-state index contributed by atoms with van der Waals surface area (Å²) in [6.45, 7) is 3.93. The molecule has 104 valence electrons. The summed E-state index contributed by atoms with van der Waals surface area (Å²) in [7, 11) is 0. The van der Waals surface area contributed by atoms with Gasteiger partial charge in [-0.05, 0) is 48.7 Å². The number of amides is 1. The summed E-state index contributed by atoms with van der Waals surface area (Å²) < 4.78 is 0. The number of hydrogen-bond acceptors (Lipinski definition) is 2. The second kappa shape index (κ2) is 6.24. The van der Waals surface area contributed by atoms with E-state index in [1.165, 1.54) is 11.6 Å². The summed E-state index contributed by atoms with van der Waals surface area (Å²) in [6, 6.07) is 12.8. The first kappa shape index (κ1) is 14.1. The molecule has 2 N–H and O–H groups in total. The molecule has 0 aliphatic heterocycles. The molecule has 1 amide bonds. The number of aromatic hydroxyl groups is 1. The number of benzene rings is 2. The molecule has 3 heteroatoms. The molecule has 0 fully saturated rings. The molecule has 2 aromatic carbocycles. The van der Waals surface area contributed by atoms with Crippen molar-refractivity contribution in [1.29, 1.82) is 0 Å². The van der Waals surface area contributed by atoms with Crippen molar-refractivity contribution in [2.75, 3.05) is 5.32 Å². The number of phenolic OH excluding ortho intramolecular Hbond substituents is 1. The smallest absolute Gasteiger partial charge is 0.255 e. The maximum Gasteiger partial charge on any atom is 0.255 e. The number of phenols is 1. The Labute approximate surface area is 119 Å². The topological polar surface area (TPSA) is 49.3 Å². The third kappa shape index (κ3) is 3.38. The van der Waals surface area contributed by atoms with E-state index in [1.54, 1.807) is 19.1 Å². The van der Waals surface area contributed by atoms with Gasteiger partial charge in [-0.25, -0.2) is 0 Å². The minimum Gasteiger partial charge on any atom is -0.508 e. The fourth-order valence-electron chi connectivity index (χ4n) is 2.00. The Kier molecular flexibility index (Phi) is 4.41. The van der Waals surface area contributed by atoms with Gasteiger partial charge in [0.2, 0.25) is 0 Å². The highest BCUT2D eigenvalue weighted by Crippen LogP contribution is 2.19. The Morgan fingerprint density at radius 2 is 1.85 bits per heavy atom. The van der Waals surface area contributed by atoms with E-state index >= 15 is 0 Å². The zero-order valence-corrected chi connectivity index (χ0v) is 11.8. The minimum atomic E-state index is -0.219. The van der Waals surface area contributed by atoms with Crippen molar-refractivity contribution in [3.05, 3.63) is 59.2 Å². The van der Waals surface area contributed by atoms with Gasteiger partial charge in [0.25, 0.3) is 5.91 Å². The van der Waals surface area contributed by atoms with Crippen LogP contribution in [0.5, 0.6) is 5.75 Å². The van der Waals surface area contributed by atoms with Crippen LogP contribution in [-0.2, 0) is 6.42 Å². The molecule has 0 bridgehead atoms. The van der Waals surface area contributed by atoms with Crippen LogP contribution in [-0.4, -0.2) is 11.0 Å². The van der Waals surface area contributed by atoms with Crippen LogP contribution in [0.2, 0.25) is 0 Å². The lowest BCUT2D eigenvalue weighted by Crippen LogP contribution is -2.11. The second-order valence-corrected chi connectivity index (χ2v) is 4.90. The van der Waals surface area contributed by atoms with Crippen molar-refractivity contribution in [3.8, 4) is 5.75 Å². The zero-order chi connectivity index (χ0) is 14.5. The SMILES string of the molecule is CCCc1ccc(NC(=O)c2ccc(C)c(O)c2)cc1. The quantitative estimate of drug-likeness (QED) is 0.884. The number of carbonyl (C=O) groups excluding carboxylic acids is 1. The lowest BCUT2D eigenvalue weighted by Gasteiger charge is -2.07. The zero-order valence-electron chi connectivity index (χ0n) is 11.8. The number of rotatable bonds is 4. The Hall–Kier alpha value is -2.29. The number of nitrogens with one attached hydrogen (secondary N) is 1. The van der Waals surface area contributed by atoms with Crippen LogP contribution in [0.15, 0.2) is 42.5 Å². The summed E-state index contributed by atoms with van der Waals surface area (Å²) in [6.07, 6.45) is 2.15. The van der Waals surface area contributed by atoms with Gasteiger partial charge in [-0.15, -0.1) is 0 Å². The Morgan fingerprint density at radius 1 is 1.15 bits per heavy atom. The van der Waals surface area contributed by atoms with Gasteiger partial charge >= 0.3 is 0 Å². The molecule has 0 saturated carbocycles. The van der Waals surface area contributed by atoms with Crippen molar-refractivity contribution >= 4 is 11.6 Å². The van der Waals surface area contributed by atoms with E-state index in [4.69, 9.17) is 0 Å². The van der Waals surface area contributed by atoms with E-state index in [0.717, 1.165) is 24.1 Å². The van der Waals surface area contributed by atoms with E-state index in [9.17, 15) is 9.90 Å². The van der Waals surface area contributed by atoms with Crippen LogP contribution in [0.25, 0.3) is 0 Å². The van der Waals surface area contributed by atoms with E-state index in [0.29, 0.717) is 5.56 Å². The molecule has 0 aliphatic carbocycles. The lowest BCUT2D eigenvalue weighted by atomic mass is 10.1. The maximum atomic E-state index is 12.1. The van der Waals surface area contributed by atoms with Crippen LogP contribution >= 0.6 is 0 Å². The first-order valence-corrected chi connectivity index (χ1v) is 6.80. The van der Waals surface area contributed by atoms with Gasteiger partial charge in [0.15, 0.2) is 0 Å². The lowest BCUT2D eigenvalue weighted by molar-refractivity contribution is 0.102. The van der Waals surface area contributed by atoms with Crippen LogP contribution in [0.1, 0.15) is 34.8 Å². The van der Waals surface area contributed by atoms with Crippen molar-refractivity contribution in [3.63, 3.8) is 0 Å². The summed E-state index contributed by atoms with van der Waals surface area (Å²) in [4.78, 5) is 12.1. The van der Waals surface area contributed by atoms with Crippen LogP contribution < -0.4 is 5.32 Å². The first-order chi connectivity index (χ1) is 9.60. The van der Waals surface area contributed by atoms with Crippen molar-refractivity contribution < 1.29 is 9.90 Å². The molecule has 0 aromatic heterocycles. The molecule has 0 spiro atoms. The van der Waals surface area contributed by atoms with Crippen LogP contribution in [0.3, 0.4) is 0 Å². The molecule has 0 radical (unpaired) electrons. The van der Waals surface area contributed by atoms with Gasteiger partial charge in [0, 0.05) is 11.3 Å². The van der Waals surface area contributed by atoms with Crippen molar-refractivity contribution in [1.82, 2.24) is 0 Å². The molecule has 2 aromatic rings. The molecule has 0 aliphatic rings. The van der Waals surface area contributed by atoms with E-state index in [2.05, 4.69) is 12.2 Å². The van der Waals surface area contributed by atoms with Crippen LogP contribution in [0.4, 0.5) is 5.69 Å². The Balaban J connectivity index is 2.08. The highest BCUT2D eigenvalue weighted by Gasteiger charge is 2.08. The number of hydrogen-bond donors (Lipinski definition) is 2. The normalized spacial score (nSPS) is 10.3. The Morgan fingerprint density at radius 3 is 2.45 bits per heavy atom. The van der Waals surface area contributed by atoms with Gasteiger partial charge in [-0.3, -0.25) is 4.79 Å². The molecular weight excluding hydrogens is 250 g/mol. The van der Waals surface area contributed by atoms with Crippen molar-refractivity contribution in [2.24, 2.45) is 0 Å². The van der Waals surface area contributed by atoms with Gasteiger partial charge < -0.3 is 10.4 Å². The predicted octanol–water partition coefficient (Wildman–Crippen LogP) is 3.91.